The van der Waals surface area contributed by atoms with E-state index in [-0.39, 0.29) is 6.42 Å². The number of anilines is 1. The summed E-state index contributed by atoms with van der Waals surface area (Å²) in [4.78, 5) is 45.7. The third kappa shape index (κ3) is 6.50. The summed E-state index contributed by atoms with van der Waals surface area (Å²) < 4.78 is 0. The molecule has 25 heavy (non-hydrogen) atoms. The van der Waals surface area contributed by atoms with E-state index in [0.717, 1.165) is 0 Å². The Labute approximate surface area is 145 Å². The Bertz CT molecular complexity index is 670. The fourth-order valence-corrected chi connectivity index (χ4v) is 1.99. The molecule has 4 amide bonds. The fraction of sp³-hybridized carbons (Fsp3) is 0.375. The topological polar surface area (TPSA) is 151 Å². The summed E-state index contributed by atoms with van der Waals surface area (Å²) in [7, 11) is 0. The summed E-state index contributed by atoms with van der Waals surface area (Å²) in [6.45, 7) is 4.20. The highest BCUT2D eigenvalue weighted by Crippen LogP contribution is 2.12. The number of benzene rings is 1. The first kappa shape index (κ1) is 19.9. The van der Waals surface area contributed by atoms with Gasteiger partial charge in [0.05, 0.1) is 0 Å². The second-order valence-electron chi connectivity index (χ2n) is 6.06. The molecule has 6 N–H and O–H groups in total. The highest BCUT2D eigenvalue weighted by Gasteiger charge is 2.30. The molecule has 1 atom stereocenters. The Balaban J connectivity index is 2.88. The number of carbonyl (C=O) groups is 4. The number of nitrogens with one attached hydrogen (secondary N) is 3. The van der Waals surface area contributed by atoms with Crippen LogP contribution < -0.4 is 21.7 Å². The van der Waals surface area contributed by atoms with Crippen molar-refractivity contribution in [3.8, 4) is 0 Å². The Morgan fingerprint density at radius 2 is 1.72 bits per heavy atom. The third-order valence-electron chi connectivity index (χ3n) is 3.39. The molecule has 0 fully saturated rings. The van der Waals surface area contributed by atoms with E-state index < -0.39 is 35.4 Å². The highest BCUT2D eigenvalue weighted by atomic mass is 16.4. The molecule has 0 spiro atoms. The van der Waals surface area contributed by atoms with Crippen LogP contribution in [-0.4, -0.2) is 40.5 Å². The Hall–Kier alpha value is -3.10. The van der Waals surface area contributed by atoms with Crippen LogP contribution in [0, 0.1) is 0 Å². The highest BCUT2D eigenvalue weighted by molar-refractivity contribution is 5.93. The van der Waals surface area contributed by atoms with E-state index in [4.69, 9.17) is 10.8 Å². The number of carboxylic acid groups (broad SMARTS) is 1. The monoisotopic (exact) mass is 350 g/mol. The molecule has 136 valence electrons. The number of rotatable bonds is 7. The van der Waals surface area contributed by atoms with Crippen LogP contribution in [-0.2, 0) is 20.8 Å². The lowest BCUT2D eigenvalue weighted by Crippen LogP contribution is -2.58. The summed E-state index contributed by atoms with van der Waals surface area (Å²) in [5.74, 6) is -1.65. The molecular weight excluding hydrogens is 328 g/mol. The smallest absolute Gasteiger partial charge is 0.409 e. The quantitative estimate of drug-likeness (QED) is 0.476. The molecule has 0 aliphatic rings. The lowest BCUT2D eigenvalue weighted by atomic mass is 10.0. The second kappa shape index (κ2) is 8.13. The first-order valence-corrected chi connectivity index (χ1v) is 7.49. The van der Waals surface area contributed by atoms with Crippen LogP contribution in [0.3, 0.4) is 0 Å². The summed E-state index contributed by atoms with van der Waals surface area (Å²) >= 11 is 0. The molecule has 0 saturated heterocycles. The number of hydrogen-bond acceptors (Lipinski definition) is 4. The molecule has 1 rings (SSSR count). The predicted molar refractivity (Wildman–Crippen MR) is 90.8 cm³/mol. The molecular formula is C16H22N4O5. The van der Waals surface area contributed by atoms with Crippen molar-refractivity contribution in [1.29, 1.82) is 0 Å². The summed E-state index contributed by atoms with van der Waals surface area (Å²) in [5.41, 5.74) is 5.05. The maximum absolute atomic E-state index is 12.4. The minimum Gasteiger partial charge on any atom is -0.465 e. The van der Waals surface area contributed by atoms with Crippen molar-refractivity contribution in [1.82, 2.24) is 10.6 Å². The van der Waals surface area contributed by atoms with Crippen LogP contribution in [0.15, 0.2) is 24.3 Å². The zero-order chi connectivity index (χ0) is 19.2. The SMILES string of the molecule is CC(=O)N[C@@H](Cc1ccc(NC(=O)O)cc1)C(=O)NC(C)(C)C(N)=O. The van der Waals surface area contributed by atoms with Gasteiger partial charge in [-0.25, -0.2) is 4.79 Å². The van der Waals surface area contributed by atoms with Crippen LogP contribution >= 0.6 is 0 Å². The van der Waals surface area contributed by atoms with Gasteiger partial charge in [-0.15, -0.1) is 0 Å². The maximum Gasteiger partial charge on any atom is 0.409 e. The molecule has 0 radical (unpaired) electrons. The summed E-state index contributed by atoms with van der Waals surface area (Å²) in [6, 6.07) is 5.44. The van der Waals surface area contributed by atoms with Crippen molar-refractivity contribution in [2.45, 2.75) is 38.8 Å². The lowest BCUT2D eigenvalue weighted by Gasteiger charge is -2.26. The van der Waals surface area contributed by atoms with Crippen LogP contribution in [0.2, 0.25) is 0 Å². The zero-order valence-electron chi connectivity index (χ0n) is 14.3. The van der Waals surface area contributed by atoms with E-state index in [9.17, 15) is 19.2 Å². The minimum atomic E-state index is -1.26. The normalized spacial score (nSPS) is 12.0. The zero-order valence-corrected chi connectivity index (χ0v) is 14.3. The van der Waals surface area contributed by atoms with E-state index in [1.165, 1.54) is 20.8 Å². The van der Waals surface area contributed by atoms with Gasteiger partial charge in [0.2, 0.25) is 17.7 Å². The molecule has 9 nitrogen and oxygen atoms in total. The Kier molecular flexibility index (Phi) is 6.49. The van der Waals surface area contributed by atoms with Gasteiger partial charge in [-0.05, 0) is 31.5 Å². The van der Waals surface area contributed by atoms with E-state index in [1.807, 2.05) is 0 Å². The minimum absolute atomic E-state index is 0.160. The molecule has 0 aliphatic carbocycles. The van der Waals surface area contributed by atoms with E-state index in [2.05, 4.69) is 16.0 Å². The molecule has 1 aromatic carbocycles. The number of nitrogens with two attached hydrogens (primary N) is 1. The van der Waals surface area contributed by atoms with E-state index in [0.29, 0.717) is 11.3 Å². The van der Waals surface area contributed by atoms with Gasteiger partial charge < -0.3 is 21.5 Å². The van der Waals surface area contributed by atoms with Crippen LogP contribution in [0.5, 0.6) is 0 Å². The number of carbonyl (C=O) groups excluding carboxylic acids is 3. The van der Waals surface area contributed by atoms with Crippen LogP contribution in [0.1, 0.15) is 26.3 Å². The lowest BCUT2D eigenvalue weighted by molar-refractivity contribution is -0.133. The summed E-state index contributed by atoms with van der Waals surface area (Å²) in [5, 5.41) is 15.9. The van der Waals surface area contributed by atoms with Crippen molar-refractivity contribution < 1.29 is 24.3 Å². The second-order valence-corrected chi connectivity index (χ2v) is 6.06. The molecule has 0 heterocycles. The number of amides is 4. The third-order valence-corrected chi connectivity index (χ3v) is 3.39. The average Bonchev–Trinajstić information content (AvgIpc) is 2.46. The fourth-order valence-electron chi connectivity index (χ4n) is 1.99. The molecule has 1 aromatic rings. The molecule has 0 saturated carbocycles. The van der Waals surface area contributed by atoms with Gasteiger partial charge in [-0.1, -0.05) is 12.1 Å². The van der Waals surface area contributed by atoms with Crippen LogP contribution in [0.25, 0.3) is 0 Å². The van der Waals surface area contributed by atoms with Crippen molar-refractivity contribution >= 4 is 29.5 Å². The average molecular weight is 350 g/mol. The van der Waals surface area contributed by atoms with Gasteiger partial charge >= 0.3 is 6.09 Å². The van der Waals surface area contributed by atoms with E-state index >= 15 is 0 Å². The van der Waals surface area contributed by atoms with E-state index in [1.54, 1.807) is 24.3 Å². The molecule has 0 unspecified atom stereocenters. The first-order valence-electron chi connectivity index (χ1n) is 7.49. The van der Waals surface area contributed by atoms with Gasteiger partial charge in [-0.2, -0.15) is 0 Å². The van der Waals surface area contributed by atoms with Crippen LogP contribution in [0.4, 0.5) is 10.5 Å². The standard InChI is InChI=1S/C16H22N4O5/c1-9(21)18-12(13(22)20-16(2,3)14(17)23)8-10-4-6-11(7-5-10)19-15(24)25/h4-7,12,19H,8H2,1-3H3,(H2,17,23)(H,18,21)(H,20,22)(H,24,25)/t12-/m0/s1. The Morgan fingerprint density at radius 3 is 2.16 bits per heavy atom. The Morgan fingerprint density at radius 1 is 1.16 bits per heavy atom. The maximum atomic E-state index is 12.4. The number of primary amides is 1. The van der Waals surface area contributed by atoms with Crippen molar-refractivity contribution in [3.63, 3.8) is 0 Å². The van der Waals surface area contributed by atoms with Crippen molar-refractivity contribution in [3.05, 3.63) is 29.8 Å². The van der Waals surface area contributed by atoms with Crippen molar-refractivity contribution in [2.24, 2.45) is 5.73 Å². The predicted octanol–water partition coefficient (Wildman–Crippen LogP) is 0.204. The molecule has 0 aliphatic heterocycles. The van der Waals surface area contributed by atoms with Gasteiger partial charge in [0.25, 0.3) is 0 Å². The van der Waals surface area contributed by atoms with Crippen molar-refractivity contribution in [2.75, 3.05) is 5.32 Å². The first-order chi connectivity index (χ1) is 11.5. The molecule has 0 bridgehead atoms. The largest absolute Gasteiger partial charge is 0.465 e. The van der Waals surface area contributed by atoms with Gasteiger partial charge in [0.1, 0.15) is 11.6 Å². The molecule has 0 aromatic heterocycles. The van der Waals surface area contributed by atoms with Gasteiger partial charge in [0, 0.05) is 19.0 Å². The van der Waals surface area contributed by atoms with Gasteiger partial charge in [-0.3, -0.25) is 19.7 Å². The van der Waals surface area contributed by atoms with Gasteiger partial charge in [0.15, 0.2) is 0 Å². The molecule has 9 heteroatoms. The number of hydrogen-bond donors (Lipinski definition) is 5. The summed E-state index contributed by atoms with van der Waals surface area (Å²) in [6.07, 6.45) is -1.02.